The fourth-order valence-corrected chi connectivity index (χ4v) is 2.66. The number of hydrogen-bond donors (Lipinski definition) is 0. The van der Waals surface area contributed by atoms with Crippen molar-refractivity contribution in [1.82, 2.24) is 4.98 Å². The number of oxazole rings is 1. The highest BCUT2D eigenvalue weighted by Crippen LogP contribution is 2.36. The molecule has 0 amide bonds. The summed E-state index contributed by atoms with van der Waals surface area (Å²) in [4.78, 5) is 17.1. The van der Waals surface area contributed by atoms with Crippen molar-refractivity contribution in [2.24, 2.45) is 0 Å². The lowest BCUT2D eigenvalue weighted by atomic mass is 9.97. The molecule has 6 nitrogen and oxygen atoms in total. The molecule has 6 heteroatoms. The molecule has 2 aromatic carbocycles. The van der Waals surface area contributed by atoms with E-state index in [0.717, 1.165) is 0 Å². The normalized spacial score (nSPS) is 14.1. The van der Waals surface area contributed by atoms with Crippen LogP contribution in [0.2, 0.25) is 0 Å². The number of para-hydroxylation sites is 3. The standard InChI is InChI=1S/C18H12N2O4/c19-10-12(18-20-13-5-1-2-6-14(13)24-18)16(21)11-4-3-7-15-17(11)23-9-8-22-15/h1-7,12H,8-9H2/t12-/m1/s1. The Balaban J connectivity index is 1.76. The summed E-state index contributed by atoms with van der Waals surface area (Å²) in [5.41, 5.74) is 1.44. The zero-order valence-electron chi connectivity index (χ0n) is 12.6. The second-order valence-electron chi connectivity index (χ2n) is 5.28. The molecule has 24 heavy (non-hydrogen) atoms. The molecule has 0 unspecified atom stereocenters. The summed E-state index contributed by atoms with van der Waals surface area (Å²) in [6.45, 7) is 0.787. The Morgan fingerprint density at radius 3 is 2.79 bits per heavy atom. The molecular formula is C18H12N2O4. The van der Waals surface area contributed by atoms with Gasteiger partial charge in [0, 0.05) is 0 Å². The number of fused-ring (bicyclic) bond motifs is 2. The number of benzene rings is 2. The summed E-state index contributed by atoms with van der Waals surface area (Å²) in [7, 11) is 0. The number of hydrogen-bond acceptors (Lipinski definition) is 6. The number of Topliss-reactive ketones (excluding diaryl/α,β-unsaturated/α-hetero) is 1. The fraction of sp³-hybridized carbons (Fsp3) is 0.167. The van der Waals surface area contributed by atoms with E-state index in [-0.39, 0.29) is 5.89 Å². The lowest BCUT2D eigenvalue weighted by molar-refractivity contribution is 0.0959. The third-order valence-corrected chi connectivity index (χ3v) is 3.78. The Labute approximate surface area is 137 Å². The number of nitriles is 1. The number of aromatic nitrogens is 1. The van der Waals surface area contributed by atoms with Gasteiger partial charge in [0.1, 0.15) is 18.7 Å². The molecule has 0 radical (unpaired) electrons. The maximum absolute atomic E-state index is 12.9. The molecule has 2 heterocycles. The van der Waals surface area contributed by atoms with E-state index in [1.807, 2.05) is 12.1 Å². The Bertz CT molecular complexity index is 938. The van der Waals surface area contributed by atoms with Gasteiger partial charge in [0.25, 0.3) is 0 Å². The SMILES string of the molecule is N#C[C@H](C(=O)c1cccc2c1OCCO2)c1nc2ccccc2o1. The van der Waals surface area contributed by atoms with Crippen molar-refractivity contribution in [3.8, 4) is 17.6 Å². The number of nitrogens with zero attached hydrogens (tertiary/aromatic N) is 2. The summed E-state index contributed by atoms with van der Waals surface area (Å²) in [5.74, 6) is -0.620. The van der Waals surface area contributed by atoms with Gasteiger partial charge in [-0.25, -0.2) is 4.98 Å². The number of rotatable bonds is 3. The van der Waals surface area contributed by atoms with Crippen LogP contribution in [0.1, 0.15) is 22.2 Å². The van der Waals surface area contributed by atoms with Crippen LogP contribution in [0.3, 0.4) is 0 Å². The minimum Gasteiger partial charge on any atom is -0.486 e. The molecule has 3 aromatic rings. The van der Waals surface area contributed by atoms with Gasteiger partial charge in [-0.1, -0.05) is 18.2 Å². The monoisotopic (exact) mass is 320 g/mol. The average Bonchev–Trinajstić information content (AvgIpc) is 3.05. The molecule has 0 N–H and O–H groups in total. The van der Waals surface area contributed by atoms with Gasteiger partial charge in [0.2, 0.25) is 5.89 Å². The first-order chi connectivity index (χ1) is 11.8. The number of ether oxygens (including phenoxy) is 2. The smallest absolute Gasteiger partial charge is 0.220 e. The molecule has 0 fully saturated rings. The largest absolute Gasteiger partial charge is 0.486 e. The van der Waals surface area contributed by atoms with Gasteiger partial charge in [-0.3, -0.25) is 4.79 Å². The zero-order chi connectivity index (χ0) is 16.5. The fourth-order valence-electron chi connectivity index (χ4n) is 2.66. The van der Waals surface area contributed by atoms with Crippen LogP contribution in [-0.2, 0) is 0 Å². The van der Waals surface area contributed by atoms with Crippen molar-refractivity contribution in [1.29, 1.82) is 5.26 Å². The Morgan fingerprint density at radius 1 is 1.12 bits per heavy atom. The topological polar surface area (TPSA) is 85.4 Å². The van der Waals surface area contributed by atoms with Crippen LogP contribution in [0.25, 0.3) is 11.1 Å². The van der Waals surface area contributed by atoms with Crippen molar-refractivity contribution in [3.63, 3.8) is 0 Å². The number of carbonyl (C=O) groups excluding carboxylic acids is 1. The molecule has 1 aromatic heterocycles. The second kappa shape index (κ2) is 5.70. The molecule has 0 saturated heterocycles. The first kappa shape index (κ1) is 14.3. The van der Waals surface area contributed by atoms with E-state index < -0.39 is 11.7 Å². The van der Waals surface area contributed by atoms with E-state index in [2.05, 4.69) is 4.98 Å². The van der Waals surface area contributed by atoms with Crippen LogP contribution < -0.4 is 9.47 Å². The quantitative estimate of drug-likeness (QED) is 0.689. The number of carbonyl (C=O) groups is 1. The first-order valence-electron chi connectivity index (χ1n) is 7.46. The van der Waals surface area contributed by atoms with Gasteiger partial charge in [-0.15, -0.1) is 0 Å². The highest BCUT2D eigenvalue weighted by molar-refractivity contribution is 6.05. The summed E-state index contributed by atoms with van der Waals surface area (Å²) in [6, 6.07) is 14.1. The average molecular weight is 320 g/mol. The van der Waals surface area contributed by atoms with Crippen molar-refractivity contribution < 1.29 is 18.7 Å². The van der Waals surface area contributed by atoms with Crippen LogP contribution in [0.15, 0.2) is 46.9 Å². The van der Waals surface area contributed by atoms with E-state index in [0.29, 0.717) is 41.4 Å². The minimum atomic E-state index is -1.14. The van der Waals surface area contributed by atoms with E-state index in [1.165, 1.54) is 0 Å². The highest BCUT2D eigenvalue weighted by atomic mass is 16.6. The third-order valence-electron chi connectivity index (χ3n) is 3.78. The van der Waals surface area contributed by atoms with E-state index in [9.17, 15) is 10.1 Å². The molecule has 1 atom stereocenters. The van der Waals surface area contributed by atoms with E-state index in [1.54, 1.807) is 36.4 Å². The maximum atomic E-state index is 12.9. The molecule has 1 aliphatic heterocycles. The van der Waals surface area contributed by atoms with Crippen LogP contribution in [-0.4, -0.2) is 24.0 Å². The molecule has 0 saturated carbocycles. The Morgan fingerprint density at radius 2 is 1.96 bits per heavy atom. The first-order valence-corrected chi connectivity index (χ1v) is 7.46. The minimum absolute atomic E-state index is 0.0815. The lowest BCUT2D eigenvalue weighted by Crippen LogP contribution is -2.19. The molecule has 4 rings (SSSR count). The molecule has 0 aliphatic carbocycles. The van der Waals surface area contributed by atoms with Crippen LogP contribution >= 0.6 is 0 Å². The predicted molar refractivity (Wildman–Crippen MR) is 84.1 cm³/mol. The number of ketones is 1. The van der Waals surface area contributed by atoms with E-state index >= 15 is 0 Å². The van der Waals surface area contributed by atoms with Gasteiger partial charge < -0.3 is 13.9 Å². The maximum Gasteiger partial charge on any atom is 0.220 e. The van der Waals surface area contributed by atoms with Crippen molar-refractivity contribution >= 4 is 16.9 Å². The van der Waals surface area contributed by atoms with Crippen molar-refractivity contribution in [2.75, 3.05) is 13.2 Å². The molecular weight excluding hydrogens is 308 g/mol. The van der Waals surface area contributed by atoms with Gasteiger partial charge in [-0.2, -0.15) is 5.26 Å². The third kappa shape index (κ3) is 2.27. The Kier molecular flexibility index (Phi) is 3.39. The zero-order valence-corrected chi connectivity index (χ0v) is 12.6. The summed E-state index contributed by atoms with van der Waals surface area (Å²) in [5, 5.41) is 9.50. The highest BCUT2D eigenvalue weighted by Gasteiger charge is 2.31. The summed E-state index contributed by atoms with van der Waals surface area (Å²) in [6.07, 6.45) is 0. The molecule has 118 valence electrons. The van der Waals surface area contributed by atoms with Gasteiger partial charge in [-0.05, 0) is 24.3 Å². The van der Waals surface area contributed by atoms with Gasteiger partial charge in [0.05, 0.1) is 11.6 Å². The molecule has 1 aliphatic rings. The van der Waals surface area contributed by atoms with Crippen molar-refractivity contribution in [2.45, 2.75) is 5.92 Å². The predicted octanol–water partition coefficient (Wildman–Crippen LogP) is 3.09. The van der Waals surface area contributed by atoms with Crippen LogP contribution in [0.5, 0.6) is 11.5 Å². The van der Waals surface area contributed by atoms with Crippen LogP contribution in [0, 0.1) is 11.3 Å². The molecule has 0 spiro atoms. The summed E-state index contributed by atoms with van der Waals surface area (Å²) < 4.78 is 16.6. The molecule has 0 bridgehead atoms. The second-order valence-corrected chi connectivity index (χ2v) is 5.28. The van der Waals surface area contributed by atoms with Crippen molar-refractivity contribution in [3.05, 3.63) is 53.9 Å². The summed E-state index contributed by atoms with van der Waals surface area (Å²) >= 11 is 0. The van der Waals surface area contributed by atoms with Crippen LogP contribution in [0.4, 0.5) is 0 Å². The Hall–Kier alpha value is -3.33. The van der Waals surface area contributed by atoms with E-state index in [4.69, 9.17) is 13.9 Å². The lowest BCUT2D eigenvalue weighted by Gasteiger charge is -2.20. The van der Waals surface area contributed by atoms with Gasteiger partial charge >= 0.3 is 0 Å². The van der Waals surface area contributed by atoms with Gasteiger partial charge in [0.15, 0.2) is 28.8 Å².